The Balaban J connectivity index is 3.41. The van der Waals surface area contributed by atoms with Crippen LogP contribution in [0.1, 0.15) is 64.2 Å². The van der Waals surface area contributed by atoms with Crippen molar-refractivity contribution in [1.29, 1.82) is 0 Å². The number of carbonyl (C=O) groups is 1. The van der Waals surface area contributed by atoms with Gasteiger partial charge in [0.15, 0.2) is 0 Å². The normalized spacial score (nSPS) is 12.2. The molecule has 0 amide bonds. The van der Waals surface area contributed by atoms with Crippen molar-refractivity contribution in [3.8, 4) is 0 Å². The molecule has 0 aromatic heterocycles. The summed E-state index contributed by atoms with van der Waals surface area (Å²) in [5.74, 6) is -0.734. The van der Waals surface area contributed by atoms with Gasteiger partial charge in [0.2, 0.25) is 6.54 Å². The maximum atomic E-state index is 10.3. The third-order valence-electron chi connectivity index (χ3n) is 3.46. The highest BCUT2D eigenvalue weighted by Gasteiger charge is 1.95. The van der Waals surface area contributed by atoms with Crippen molar-refractivity contribution < 1.29 is 14.8 Å². The van der Waals surface area contributed by atoms with Crippen molar-refractivity contribution in [1.82, 2.24) is 0 Å². The molecule has 0 radical (unpaired) electrons. The molecule has 25 heavy (non-hydrogen) atoms. The van der Waals surface area contributed by atoms with E-state index in [0.717, 1.165) is 44.9 Å². The molecular formula is C20H31NO4. The van der Waals surface area contributed by atoms with Gasteiger partial charge in [-0.25, -0.2) is 0 Å². The van der Waals surface area contributed by atoms with E-state index in [4.69, 9.17) is 5.11 Å². The SMILES string of the molecule is O=C(O)CCCC=CCC=CCC=CCC=CCCCCC[N+](=O)[O-]. The average molecular weight is 349 g/mol. The molecule has 0 aliphatic rings. The van der Waals surface area contributed by atoms with E-state index < -0.39 is 5.97 Å². The molecule has 0 aliphatic heterocycles. The molecule has 0 fully saturated rings. The number of aliphatic carboxylic acids is 1. The molecule has 140 valence electrons. The molecule has 0 bridgehead atoms. The zero-order chi connectivity index (χ0) is 18.6. The molecule has 0 saturated carbocycles. The summed E-state index contributed by atoms with van der Waals surface area (Å²) in [5, 5.41) is 18.6. The first-order valence-corrected chi connectivity index (χ1v) is 9.06. The van der Waals surface area contributed by atoms with Crippen molar-refractivity contribution in [3.05, 3.63) is 58.7 Å². The lowest BCUT2D eigenvalue weighted by molar-refractivity contribution is -0.480. The average Bonchev–Trinajstić information content (AvgIpc) is 2.56. The molecular weight excluding hydrogens is 318 g/mol. The quantitative estimate of drug-likeness (QED) is 0.173. The van der Waals surface area contributed by atoms with Gasteiger partial charge in [0.1, 0.15) is 0 Å². The second kappa shape index (κ2) is 18.2. The van der Waals surface area contributed by atoms with Crippen LogP contribution in [0.15, 0.2) is 48.6 Å². The minimum Gasteiger partial charge on any atom is -0.481 e. The lowest BCUT2D eigenvalue weighted by Crippen LogP contribution is -1.99. The van der Waals surface area contributed by atoms with Crippen LogP contribution < -0.4 is 0 Å². The molecule has 0 spiro atoms. The first-order chi connectivity index (χ1) is 12.1. The number of carboxylic acid groups (broad SMARTS) is 1. The molecule has 0 aromatic carbocycles. The predicted octanol–water partition coefficient (Wildman–Crippen LogP) is 5.47. The Morgan fingerprint density at radius 2 is 1.24 bits per heavy atom. The van der Waals surface area contributed by atoms with Crippen LogP contribution in [0.2, 0.25) is 0 Å². The van der Waals surface area contributed by atoms with E-state index in [1.807, 2.05) is 6.08 Å². The summed E-state index contributed by atoms with van der Waals surface area (Å²) in [4.78, 5) is 20.2. The van der Waals surface area contributed by atoms with Crippen molar-refractivity contribution in [3.63, 3.8) is 0 Å². The van der Waals surface area contributed by atoms with E-state index in [1.54, 1.807) is 0 Å². The van der Waals surface area contributed by atoms with Gasteiger partial charge >= 0.3 is 5.97 Å². The number of hydrogen-bond donors (Lipinski definition) is 1. The number of allylic oxidation sites excluding steroid dienone is 8. The highest BCUT2D eigenvalue weighted by atomic mass is 16.6. The number of nitro groups is 1. The van der Waals surface area contributed by atoms with Crippen LogP contribution in [-0.4, -0.2) is 22.5 Å². The number of unbranched alkanes of at least 4 members (excludes halogenated alkanes) is 4. The topological polar surface area (TPSA) is 80.4 Å². The summed E-state index contributed by atoms with van der Waals surface area (Å²) in [7, 11) is 0. The highest BCUT2D eigenvalue weighted by Crippen LogP contribution is 2.02. The van der Waals surface area contributed by atoms with Gasteiger partial charge < -0.3 is 5.11 Å². The van der Waals surface area contributed by atoms with Gasteiger partial charge in [0.05, 0.1) is 0 Å². The van der Waals surface area contributed by atoms with Gasteiger partial charge in [-0.2, -0.15) is 0 Å². The molecule has 5 nitrogen and oxygen atoms in total. The van der Waals surface area contributed by atoms with Crippen molar-refractivity contribution in [2.45, 2.75) is 64.2 Å². The van der Waals surface area contributed by atoms with E-state index >= 15 is 0 Å². The van der Waals surface area contributed by atoms with E-state index in [-0.39, 0.29) is 17.9 Å². The first kappa shape index (κ1) is 22.8. The maximum absolute atomic E-state index is 10.3. The van der Waals surface area contributed by atoms with Gasteiger partial charge in [-0.3, -0.25) is 14.9 Å². The monoisotopic (exact) mass is 349 g/mol. The molecule has 0 unspecified atom stereocenters. The minimum atomic E-state index is -0.734. The highest BCUT2D eigenvalue weighted by molar-refractivity contribution is 5.66. The Morgan fingerprint density at radius 3 is 1.72 bits per heavy atom. The number of rotatable bonds is 16. The van der Waals surface area contributed by atoms with Crippen LogP contribution in [0.4, 0.5) is 0 Å². The van der Waals surface area contributed by atoms with Crippen molar-refractivity contribution in [2.75, 3.05) is 6.54 Å². The molecule has 0 rings (SSSR count). The third-order valence-corrected chi connectivity index (χ3v) is 3.46. The van der Waals surface area contributed by atoms with Crippen LogP contribution in [0.5, 0.6) is 0 Å². The fourth-order valence-corrected chi connectivity index (χ4v) is 2.10. The van der Waals surface area contributed by atoms with E-state index in [0.29, 0.717) is 12.8 Å². The van der Waals surface area contributed by atoms with Crippen LogP contribution in [0.25, 0.3) is 0 Å². The lowest BCUT2D eigenvalue weighted by Gasteiger charge is -1.93. The molecule has 0 heterocycles. The smallest absolute Gasteiger partial charge is 0.303 e. The van der Waals surface area contributed by atoms with Gasteiger partial charge in [0, 0.05) is 17.8 Å². The summed E-state index contributed by atoms with van der Waals surface area (Å²) >= 11 is 0. The number of nitrogens with zero attached hydrogens (tertiary/aromatic N) is 1. The summed E-state index contributed by atoms with van der Waals surface area (Å²) in [5.41, 5.74) is 0. The minimum absolute atomic E-state index is 0.0838. The third kappa shape index (κ3) is 21.8. The molecule has 5 heteroatoms. The largest absolute Gasteiger partial charge is 0.481 e. The van der Waals surface area contributed by atoms with Crippen LogP contribution in [0.3, 0.4) is 0 Å². The van der Waals surface area contributed by atoms with Gasteiger partial charge in [-0.15, -0.1) is 0 Å². The first-order valence-electron chi connectivity index (χ1n) is 9.06. The van der Waals surface area contributed by atoms with Crippen LogP contribution >= 0.6 is 0 Å². The zero-order valence-electron chi connectivity index (χ0n) is 15.0. The lowest BCUT2D eigenvalue weighted by atomic mass is 10.2. The Bertz CT molecular complexity index is 464. The van der Waals surface area contributed by atoms with E-state index in [1.165, 1.54) is 0 Å². The second-order valence-corrected chi connectivity index (χ2v) is 5.78. The second-order valence-electron chi connectivity index (χ2n) is 5.78. The van der Waals surface area contributed by atoms with E-state index in [9.17, 15) is 14.9 Å². The Labute approximate surface area is 151 Å². The van der Waals surface area contributed by atoms with Gasteiger partial charge in [-0.05, 0) is 51.4 Å². The zero-order valence-corrected chi connectivity index (χ0v) is 15.0. The van der Waals surface area contributed by atoms with Gasteiger partial charge in [0.25, 0.3) is 0 Å². The van der Waals surface area contributed by atoms with Crippen molar-refractivity contribution >= 4 is 5.97 Å². The van der Waals surface area contributed by atoms with Crippen molar-refractivity contribution in [2.24, 2.45) is 0 Å². The number of hydrogen-bond acceptors (Lipinski definition) is 3. The summed E-state index contributed by atoms with van der Waals surface area (Å²) in [6, 6.07) is 0. The summed E-state index contributed by atoms with van der Waals surface area (Å²) in [6.45, 7) is 0.0838. The Kier molecular flexibility index (Phi) is 16.6. The van der Waals surface area contributed by atoms with E-state index in [2.05, 4.69) is 42.5 Å². The molecule has 0 aromatic rings. The molecule has 0 saturated heterocycles. The fraction of sp³-hybridized carbons (Fsp3) is 0.550. The molecule has 1 N–H and O–H groups in total. The predicted molar refractivity (Wildman–Crippen MR) is 102 cm³/mol. The maximum Gasteiger partial charge on any atom is 0.303 e. The Morgan fingerprint density at radius 1 is 0.760 bits per heavy atom. The summed E-state index contributed by atoms with van der Waals surface area (Å²) < 4.78 is 0. The fourth-order valence-electron chi connectivity index (χ4n) is 2.10. The Hall–Kier alpha value is -2.17. The van der Waals surface area contributed by atoms with Crippen LogP contribution in [0, 0.1) is 10.1 Å². The van der Waals surface area contributed by atoms with Gasteiger partial charge in [-0.1, -0.05) is 48.6 Å². The summed E-state index contributed by atoms with van der Waals surface area (Å²) in [6.07, 6.45) is 24.9. The standard InChI is InChI=1S/C20H31NO4/c22-20(23)18-16-14-12-10-8-6-4-2-1-3-5-7-9-11-13-15-17-19-21(24)25/h1,3-4,6-7,9-10,12H,2,5,8,11,13-19H2,(H,22,23). The molecule has 0 atom stereocenters. The molecule has 0 aliphatic carbocycles. The van der Waals surface area contributed by atoms with Crippen LogP contribution in [-0.2, 0) is 4.79 Å². The number of carboxylic acids is 1.